The predicted octanol–water partition coefficient (Wildman–Crippen LogP) is 2.62. The van der Waals surface area contributed by atoms with E-state index in [9.17, 15) is 8.42 Å². The third-order valence-corrected chi connectivity index (χ3v) is 4.69. The molecule has 0 fully saturated rings. The van der Waals surface area contributed by atoms with Gasteiger partial charge >= 0.3 is 0 Å². The van der Waals surface area contributed by atoms with E-state index in [1.54, 1.807) is 6.07 Å². The molecule has 0 atom stereocenters. The third-order valence-electron chi connectivity index (χ3n) is 3.30. The number of nitrogens with zero attached hydrogens (tertiary/aromatic N) is 1. The average Bonchev–Trinajstić information content (AvgIpc) is 2.43. The van der Waals surface area contributed by atoms with E-state index < -0.39 is 10.0 Å². The Morgan fingerprint density at radius 3 is 2.60 bits per heavy atom. The maximum atomic E-state index is 12.3. The van der Waals surface area contributed by atoms with Crippen molar-refractivity contribution in [1.29, 1.82) is 0 Å². The van der Waals surface area contributed by atoms with Crippen LogP contribution in [0.5, 0.6) is 0 Å². The Bertz CT molecular complexity index is 527. The van der Waals surface area contributed by atoms with Gasteiger partial charge < -0.3 is 5.32 Å². The Morgan fingerprint density at radius 1 is 1.30 bits per heavy atom. The summed E-state index contributed by atoms with van der Waals surface area (Å²) in [6, 6.07) is 3.08. The molecular weight excluding hydrogens is 274 g/mol. The summed E-state index contributed by atoms with van der Waals surface area (Å²) < 4.78 is 27.2. The van der Waals surface area contributed by atoms with Crippen molar-refractivity contribution < 1.29 is 8.42 Å². The molecule has 0 aliphatic carbocycles. The van der Waals surface area contributed by atoms with Crippen LogP contribution in [0.15, 0.2) is 23.2 Å². The van der Waals surface area contributed by atoms with E-state index in [1.165, 1.54) is 12.3 Å². The molecule has 0 aliphatic rings. The van der Waals surface area contributed by atoms with Crippen molar-refractivity contribution in [2.45, 2.75) is 45.4 Å². The zero-order valence-corrected chi connectivity index (χ0v) is 13.5. The molecule has 0 amide bonds. The molecule has 1 rings (SSSR count). The van der Waals surface area contributed by atoms with Gasteiger partial charge in [-0.25, -0.2) is 18.1 Å². The smallest absolute Gasteiger partial charge is 0.240 e. The summed E-state index contributed by atoms with van der Waals surface area (Å²) in [5.74, 6) is 0.587. The van der Waals surface area contributed by atoms with Crippen LogP contribution >= 0.6 is 0 Å². The first-order chi connectivity index (χ1) is 9.30. The summed E-state index contributed by atoms with van der Waals surface area (Å²) in [7, 11) is -3.48. The lowest BCUT2D eigenvalue weighted by molar-refractivity contribution is 0.350. The normalized spacial score (nSPS) is 12.4. The first kappa shape index (κ1) is 16.9. The Morgan fingerprint density at radius 2 is 2.00 bits per heavy atom. The molecular formula is C14H25N3O2S. The monoisotopic (exact) mass is 299 g/mol. The van der Waals surface area contributed by atoms with Gasteiger partial charge in [-0.2, -0.15) is 0 Å². The highest BCUT2D eigenvalue weighted by molar-refractivity contribution is 7.89. The minimum Gasteiger partial charge on any atom is -0.370 e. The average molecular weight is 299 g/mol. The molecule has 0 spiro atoms. The Kier molecular flexibility index (Phi) is 5.95. The predicted molar refractivity (Wildman–Crippen MR) is 82.3 cm³/mol. The van der Waals surface area contributed by atoms with Gasteiger partial charge in [0, 0.05) is 25.4 Å². The van der Waals surface area contributed by atoms with Crippen molar-refractivity contribution >= 4 is 15.8 Å². The summed E-state index contributed by atoms with van der Waals surface area (Å²) in [5.41, 5.74) is -0.0522. The summed E-state index contributed by atoms with van der Waals surface area (Å²) in [6.07, 6.45) is 3.38. The molecule has 0 saturated carbocycles. The Hall–Kier alpha value is -1.14. The fourth-order valence-electron chi connectivity index (χ4n) is 1.43. The van der Waals surface area contributed by atoms with Gasteiger partial charge in [-0.15, -0.1) is 0 Å². The van der Waals surface area contributed by atoms with Gasteiger partial charge in [0.15, 0.2) is 0 Å². The zero-order chi connectivity index (χ0) is 15.2. The minimum atomic E-state index is -3.48. The number of hydrogen-bond acceptors (Lipinski definition) is 4. The maximum absolute atomic E-state index is 12.3. The van der Waals surface area contributed by atoms with E-state index in [0.29, 0.717) is 12.4 Å². The number of nitrogens with one attached hydrogen (secondary N) is 2. The Balaban J connectivity index is 2.82. The highest BCUT2D eigenvalue weighted by atomic mass is 32.2. The van der Waals surface area contributed by atoms with Crippen LogP contribution in [0.1, 0.15) is 40.5 Å². The summed E-state index contributed by atoms with van der Waals surface area (Å²) in [4.78, 5) is 4.36. The van der Waals surface area contributed by atoms with Crippen molar-refractivity contribution in [2.75, 3.05) is 18.4 Å². The van der Waals surface area contributed by atoms with E-state index in [1.807, 2.05) is 27.7 Å². The molecule has 0 bridgehead atoms. The van der Waals surface area contributed by atoms with E-state index in [2.05, 4.69) is 15.0 Å². The standard InChI is InChI=1S/C14H25N3O2S/c1-5-8-15-13-10-12(7-9-16-13)20(18,19)17-11-14(3,4)6-2/h7,9-10,17H,5-6,8,11H2,1-4H3,(H,15,16). The van der Waals surface area contributed by atoms with Gasteiger partial charge in [0.2, 0.25) is 10.0 Å². The van der Waals surface area contributed by atoms with E-state index in [4.69, 9.17) is 0 Å². The van der Waals surface area contributed by atoms with Crippen molar-refractivity contribution in [3.8, 4) is 0 Å². The van der Waals surface area contributed by atoms with Crippen LogP contribution in [0, 0.1) is 5.41 Å². The number of pyridine rings is 1. The molecule has 0 radical (unpaired) electrons. The quantitative estimate of drug-likeness (QED) is 0.774. The largest absolute Gasteiger partial charge is 0.370 e. The summed E-state index contributed by atoms with van der Waals surface area (Å²) in [6.45, 7) is 9.36. The molecule has 0 saturated heterocycles. The molecule has 5 nitrogen and oxygen atoms in total. The molecule has 0 aliphatic heterocycles. The SMILES string of the molecule is CCCNc1cc(S(=O)(=O)NCC(C)(C)CC)ccn1. The number of aromatic nitrogens is 1. The highest BCUT2D eigenvalue weighted by Crippen LogP contribution is 2.20. The first-order valence-electron chi connectivity index (χ1n) is 7.00. The molecule has 20 heavy (non-hydrogen) atoms. The lowest BCUT2D eigenvalue weighted by atomic mass is 9.91. The number of anilines is 1. The molecule has 0 aromatic carbocycles. The summed E-state index contributed by atoms with van der Waals surface area (Å²) in [5, 5.41) is 3.09. The zero-order valence-electron chi connectivity index (χ0n) is 12.7. The molecule has 114 valence electrons. The van der Waals surface area contributed by atoms with Crippen LogP contribution in [0.25, 0.3) is 0 Å². The molecule has 1 heterocycles. The summed E-state index contributed by atoms with van der Waals surface area (Å²) >= 11 is 0. The lowest BCUT2D eigenvalue weighted by Gasteiger charge is -2.22. The lowest BCUT2D eigenvalue weighted by Crippen LogP contribution is -2.33. The van der Waals surface area contributed by atoms with E-state index >= 15 is 0 Å². The number of rotatable bonds is 8. The molecule has 6 heteroatoms. The topological polar surface area (TPSA) is 71.1 Å². The molecule has 1 aromatic heterocycles. The van der Waals surface area contributed by atoms with Gasteiger partial charge in [0.05, 0.1) is 4.90 Å². The molecule has 0 unspecified atom stereocenters. The van der Waals surface area contributed by atoms with Crippen LogP contribution in [-0.4, -0.2) is 26.5 Å². The van der Waals surface area contributed by atoms with E-state index in [-0.39, 0.29) is 10.3 Å². The highest BCUT2D eigenvalue weighted by Gasteiger charge is 2.21. The van der Waals surface area contributed by atoms with Crippen LogP contribution < -0.4 is 10.0 Å². The molecule has 1 aromatic rings. The van der Waals surface area contributed by atoms with Crippen LogP contribution in [0.3, 0.4) is 0 Å². The number of hydrogen-bond donors (Lipinski definition) is 2. The van der Waals surface area contributed by atoms with Crippen molar-refractivity contribution in [2.24, 2.45) is 5.41 Å². The van der Waals surface area contributed by atoms with Gasteiger partial charge in [0.1, 0.15) is 5.82 Å². The second-order valence-corrected chi connectivity index (χ2v) is 7.41. The number of sulfonamides is 1. The van der Waals surface area contributed by atoms with Gasteiger partial charge in [-0.05, 0) is 24.3 Å². The van der Waals surface area contributed by atoms with Crippen molar-refractivity contribution in [1.82, 2.24) is 9.71 Å². The fraction of sp³-hybridized carbons (Fsp3) is 0.643. The second-order valence-electron chi connectivity index (χ2n) is 5.65. The minimum absolute atomic E-state index is 0.0522. The fourth-order valence-corrected chi connectivity index (χ4v) is 2.68. The molecule has 2 N–H and O–H groups in total. The van der Waals surface area contributed by atoms with Crippen LogP contribution in [0.4, 0.5) is 5.82 Å². The van der Waals surface area contributed by atoms with Crippen LogP contribution in [-0.2, 0) is 10.0 Å². The van der Waals surface area contributed by atoms with Crippen molar-refractivity contribution in [3.63, 3.8) is 0 Å². The van der Waals surface area contributed by atoms with Crippen LogP contribution in [0.2, 0.25) is 0 Å². The van der Waals surface area contributed by atoms with Gasteiger partial charge in [-0.3, -0.25) is 0 Å². The van der Waals surface area contributed by atoms with E-state index in [0.717, 1.165) is 19.4 Å². The second kappa shape index (κ2) is 7.04. The van der Waals surface area contributed by atoms with Gasteiger partial charge in [-0.1, -0.05) is 27.7 Å². The Labute approximate surface area is 122 Å². The van der Waals surface area contributed by atoms with Crippen molar-refractivity contribution in [3.05, 3.63) is 18.3 Å². The van der Waals surface area contributed by atoms with Gasteiger partial charge in [0.25, 0.3) is 0 Å². The third kappa shape index (κ3) is 5.09. The first-order valence-corrected chi connectivity index (χ1v) is 8.48. The maximum Gasteiger partial charge on any atom is 0.240 e.